The van der Waals surface area contributed by atoms with Crippen molar-refractivity contribution in [2.45, 2.75) is 6.92 Å². The van der Waals surface area contributed by atoms with Crippen molar-refractivity contribution >= 4 is 28.1 Å². The molecule has 0 amide bonds. The molecule has 4 nitrogen and oxygen atoms in total. The summed E-state index contributed by atoms with van der Waals surface area (Å²) >= 11 is 0. The molecule has 0 heterocycles. The van der Waals surface area contributed by atoms with Crippen LogP contribution in [0.4, 0.5) is 11.4 Å². The van der Waals surface area contributed by atoms with Gasteiger partial charge < -0.3 is 16.2 Å². The highest BCUT2D eigenvalue weighted by atomic mass is 16.5. The van der Waals surface area contributed by atoms with Crippen LogP contribution in [0, 0.1) is 0 Å². The molecular formula is C14H14N2O2. The molecule has 0 aromatic heterocycles. The van der Waals surface area contributed by atoms with Crippen LogP contribution in [0.5, 0.6) is 5.75 Å². The van der Waals surface area contributed by atoms with Crippen molar-refractivity contribution in [2.24, 2.45) is 0 Å². The number of ether oxygens (including phenoxy) is 1. The number of hydrogen-bond donors (Lipinski definition) is 2. The van der Waals surface area contributed by atoms with Gasteiger partial charge in [0.25, 0.3) is 0 Å². The monoisotopic (exact) mass is 242 g/mol. The number of fused-ring (bicyclic) bond motifs is 1. The zero-order valence-electron chi connectivity index (χ0n) is 10.1. The van der Waals surface area contributed by atoms with Gasteiger partial charge in [0.05, 0.1) is 5.69 Å². The number of benzene rings is 2. The van der Waals surface area contributed by atoms with E-state index in [0.717, 1.165) is 5.39 Å². The van der Waals surface area contributed by atoms with E-state index in [-0.39, 0.29) is 0 Å². The van der Waals surface area contributed by atoms with E-state index in [2.05, 4.69) is 6.58 Å². The first kappa shape index (κ1) is 12.0. The summed E-state index contributed by atoms with van der Waals surface area (Å²) in [4.78, 5) is 11.6. The van der Waals surface area contributed by atoms with E-state index >= 15 is 0 Å². The van der Waals surface area contributed by atoms with Crippen molar-refractivity contribution in [1.82, 2.24) is 0 Å². The van der Waals surface area contributed by atoms with Gasteiger partial charge in [0, 0.05) is 22.0 Å². The first-order valence-electron chi connectivity index (χ1n) is 5.45. The summed E-state index contributed by atoms with van der Waals surface area (Å²) in [5.74, 6) is -0.176. The molecule has 92 valence electrons. The highest BCUT2D eigenvalue weighted by molar-refractivity contribution is 6.03. The van der Waals surface area contributed by atoms with Gasteiger partial charge in [-0.1, -0.05) is 30.8 Å². The smallest absolute Gasteiger partial charge is 0.338 e. The lowest BCUT2D eigenvalue weighted by atomic mass is 10.1. The summed E-state index contributed by atoms with van der Waals surface area (Å²) in [5, 5.41) is 1.51. The normalized spacial score (nSPS) is 10.3. The Hall–Kier alpha value is -2.49. The predicted octanol–water partition coefficient (Wildman–Crippen LogP) is 2.49. The SMILES string of the molecule is C=C(C)C(=O)Oc1c(N)cc(N)c2ccccc12. The van der Waals surface area contributed by atoms with Crippen LogP contribution in [0.2, 0.25) is 0 Å². The number of nitrogen functional groups attached to an aromatic ring is 2. The van der Waals surface area contributed by atoms with Gasteiger partial charge in [-0.15, -0.1) is 0 Å². The fraction of sp³-hybridized carbons (Fsp3) is 0.0714. The zero-order valence-corrected chi connectivity index (χ0v) is 10.1. The molecular weight excluding hydrogens is 228 g/mol. The Kier molecular flexibility index (Phi) is 2.93. The zero-order chi connectivity index (χ0) is 13.3. The van der Waals surface area contributed by atoms with Crippen molar-refractivity contribution in [3.63, 3.8) is 0 Å². The average molecular weight is 242 g/mol. The second kappa shape index (κ2) is 4.41. The molecule has 0 saturated heterocycles. The topological polar surface area (TPSA) is 78.3 Å². The van der Waals surface area contributed by atoms with Crippen molar-refractivity contribution in [3.8, 4) is 5.75 Å². The third-order valence-corrected chi connectivity index (χ3v) is 2.60. The van der Waals surface area contributed by atoms with E-state index < -0.39 is 5.97 Å². The van der Waals surface area contributed by atoms with E-state index in [0.29, 0.717) is 28.1 Å². The molecule has 4 heteroatoms. The predicted molar refractivity (Wildman–Crippen MR) is 73.2 cm³/mol. The summed E-state index contributed by atoms with van der Waals surface area (Å²) in [7, 11) is 0. The molecule has 0 aliphatic rings. The second-order valence-corrected chi connectivity index (χ2v) is 4.10. The van der Waals surface area contributed by atoms with Gasteiger partial charge in [0.1, 0.15) is 0 Å². The van der Waals surface area contributed by atoms with Crippen LogP contribution in [0.25, 0.3) is 10.8 Å². The molecule has 0 fully saturated rings. The number of carbonyl (C=O) groups is 1. The first-order valence-corrected chi connectivity index (χ1v) is 5.45. The Balaban J connectivity index is 2.63. The third kappa shape index (κ3) is 2.00. The molecule has 0 bridgehead atoms. The number of hydrogen-bond acceptors (Lipinski definition) is 4. The van der Waals surface area contributed by atoms with Gasteiger partial charge >= 0.3 is 5.97 Å². The van der Waals surface area contributed by atoms with Crippen molar-refractivity contribution in [3.05, 3.63) is 42.5 Å². The van der Waals surface area contributed by atoms with E-state index in [9.17, 15) is 4.79 Å². The Morgan fingerprint density at radius 1 is 1.17 bits per heavy atom. The van der Waals surface area contributed by atoms with Gasteiger partial charge in [-0.25, -0.2) is 4.79 Å². The minimum Gasteiger partial charge on any atom is -0.420 e. The van der Waals surface area contributed by atoms with Crippen LogP contribution < -0.4 is 16.2 Å². The maximum Gasteiger partial charge on any atom is 0.338 e. The van der Waals surface area contributed by atoms with E-state index in [4.69, 9.17) is 16.2 Å². The van der Waals surface area contributed by atoms with Crippen molar-refractivity contribution in [2.75, 3.05) is 11.5 Å². The van der Waals surface area contributed by atoms with Gasteiger partial charge in [-0.05, 0) is 13.0 Å². The van der Waals surface area contributed by atoms with Crippen LogP contribution in [0.3, 0.4) is 0 Å². The Labute approximate surface area is 105 Å². The second-order valence-electron chi connectivity index (χ2n) is 4.10. The standard InChI is InChI=1S/C14H14N2O2/c1-8(2)14(17)18-13-10-6-4-3-5-9(10)11(15)7-12(13)16/h3-7H,1,15-16H2,2H3. The third-order valence-electron chi connectivity index (χ3n) is 2.60. The number of esters is 1. The lowest BCUT2D eigenvalue weighted by Gasteiger charge is -2.12. The van der Waals surface area contributed by atoms with E-state index in [1.807, 2.05) is 24.3 Å². The fourth-order valence-electron chi connectivity index (χ4n) is 1.69. The minimum atomic E-state index is -0.503. The highest BCUT2D eigenvalue weighted by Gasteiger charge is 2.13. The average Bonchev–Trinajstić information content (AvgIpc) is 2.34. The number of carbonyl (C=O) groups excluding carboxylic acids is 1. The van der Waals surface area contributed by atoms with Crippen molar-refractivity contribution < 1.29 is 9.53 Å². The summed E-state index contributed by atoms with van der Waals surface area (Å²) in [6.45, 7) is 5.12. The quantitative estimate of drug-likeness (QED) is 0.367. The molecule has 0 unspecified atom stereocenters. The van der Waals surface area contributed by atoms with Gasteiger partial charge in [0.2, 0.25) is 0 Å². The number of rotatable bonds is 2. The van der Waals surface area contributed by atoms with E-state index in [1.54, 1.807) is 13.0 Å². The Bertz CT molecular complexity index is 648. The molecule has 2 aromatic rings. The van der Waals surface area contributed by atoms with Crippen LogP contribution in [-0.2, 0) is 4.79 Å². The molecule has 4 N–H and O–H groups in total. The van der Waals surface area contributed by atoms with Crippen LogP contribution in [0.15, 0.2) is 42.5 Å². The molecule has 0 aliphatic carbocycles. The van der Waals surface area contributed by atoms with Crippen molar-refractivity contribution in [1.29, 1.82) is 0 Å². The largest absolute Gasteiger partial charge is 0.420 e. The molecule has 18 heavy (non-hydrogen) atoms. The first-order chi connectivity index (χ1) is 8.50. The summed E-state index contributed by atoms with van der Waals surface area (Å²) in [6, 6.07) is 8.94. The molecule has 2 rings (SSSR count). The molecule has 0 aliphatic heterocycles. The van der Waals surface area contributed by atoms with Gasteiger partial charge in [-0.2, -0.15) is 0 Å². The molecule has 0 atom stereocenters. The molecule has 0 radical (unpaired) electrons. The maximum absolute atomic E-state index is 11.6. The summed E-state index contributed by atoms with van der Waals surface area (Å²) in [6.07, 6.45) is 0. The molecule has 2 aromatic carbocycles. The molecule has 0 saturated carbocycles. The highest BCUT2D eigenvalue weighted by Crippen LogP contribution is 2.36. The number of anilines is 2. The summed E-state index contributed by atoms with van der Waals surface area (Å²) in [5.41, 5.74) is 12.9. The number of nitrogens with two attached hydrogens (primary N) is 2. The molecule has 0 spiro atoms. The van der Waals surface area contributed by atoms with Crippen LogP contribution >= 0.6 is 0 Å². The summed E-state index contributed by atoms with van der Waals surface area (Å²) < 4.78 is 5.26. The van der Waals surface area contributed by atoms with Gasteiger partial charge in [0.15, 0.2) is 5.75 Å². The van der Waals surface area contributed by atoms with Crippen LogP contribution in [-0.4, -0.2) is 5.97 Å². The van der Waals surface area contributed by atoms with Crippen LogP contribution in [0.1, 0.15) is 6.92 Å². The lowest BCUT2D eigenvalue weighted by Crippen LogP contribution is -2.10. The van der Waals surface area contributed by atoms with Gasteiger partial charge in [-0.3, -0.25) is 0 Å². The minimum absolute atomic E-state index is 0.315. The maximum atomic E-state index is 11.6. The Morgan fingerprint density at radius 2 is 1.78 bits per heavy atom. The van der Waals surface area contributed by atoms with E-state index in [1.165, 1.54) is 0 Å². The fourth-order valence-corrected chi connectivity index (χ4v) is 1.69. The lowest BCUT2D eigenvalue weighted by molar-refractivity contribution is -0.129. The Morgan fingerprint density at radius 3 is 2.39 bits per heavy atom.